The molecular formula is C17H23N3O3S. The van der Waals surface area contributed by atoms with Crippen LogP contribution in [0.2, 0.25) is 0 Å². The number of rotatable bonds is 6. The highest BCUT2D eigenvalue weighted by molar-refractivity contribution is 7.91. The highest BCUT2D eigenvalue weighted by Crippen LogP contribution is 2.13. The van der Waals surface area contributed by atoms with Crippen LogP contribution in [0, 0.1) is 20.8 Å². The first-order valence-electron chi connectivity index (χ1n) is 7.77. The molecule has 0 radical (unpaired) electrons. The maximum atomic E-state index is 12.4. The second-order valence-electron chi connectivity index (χ2n) is 6.15. The van der Waals surface area contributed by atoms with E-state index < -0.39 is 15.9 Å². The fourth-order valence-electron chi connectivity index (χ4n) is 2.50. The number of carbonyl (C=O) groups is 1. The van der Waals surface area contributed by atoms with E-state index in [9.17, 15) is 13.2 Å². The van der Waals surface area contributed by atoms with Gasteiger partial charge in [0.2, 0.25) is 5.91 Å². The van der Waals surface area contributed by atoms with Crippen LogP contribution in [0.15, 0.2) is 35.2 Å². The Morgan fingerprint density at radius 3 is 2.38 bits per heavy atom. The van der Waals surface area contributed by atoms with E-state index in [1.54, 1.807) is 35.9 Å². The molecule has 1 heterocycles. The number of carbonyl (C=O) groups excluding carboxylic acids is 1. The Bertz CT molecular complexity index is 823. The molecule has 0 aliphatic carbocycles. The Hall–Kier alpha value is -2.15. The second-order valence-corrected chi connectivity index (χ2v) is 8.18. The van der Waals surface area contributed by atoms with Crippen molar-refractivity contribution < 1.29 is 13.2 Å². The largest absolute Gasteiger partial charge is 0.351 e. The molecule has 1 aromatic heterocycles. The monoisotopic (exact) mass is 349 g/mol. The molecule has 2 aromatic rings. The van der Waals surface area contributed by atoms with E-state index >= 15 is 0 Å². The second kappa shape index (κ2) is 7.17. The van der Waals surface area contributed by atoms with Crippen LogP contribution in [-0.4, -0.2) is 35.9 Å². The zero-order valence-corrected chi connectivity index (χ0v) is 15.2. The summed E-state index contributed by atoms with van der Waals surface area (Å²) < 4.78 is 26.4. The number of nitrogens with zero attached hydrogens (tertiary/aromatic N) is 2. The number of nitrogens with one attached hydrogen (secondary N) is 1. The lowest BCUT2D eigenvalue weighted by atomic mass is 10.2. The topological polar surface area (TPSA) is 81.1 Å². The van der Waals surface area contributed by atoms with E-state index in [-0.39, 0.29) is 23.1 Å². The summed E-state index contributed by atoms with van der Waals surface area (Å²) in [6.07, 6.45) is 0. The maximum absolute atomic E-state index is 12.4. The Morgan fingerprint density at radius 1 is 1.21 bits per heavy atom. The molecule has 6 nitrogen and oxygen atoms in total. The molecule has 0 saturated heterocycles. The van der Waals surface area contributed by atoms with Gasteiger partial charge in [0, 0.05) is 11.7 Å². The number of benzene rings is 1. The highest BCUT2D eigenvalue weighted by Gasteiger charge is 2.20. The summed E-state index contributed by atoms with van der Waals surface area (Å²) in [4.78, 5) is 12.4. The minimum atomic E-state index is -3.44. The van der Waals surface area contributed by atoms with E-state index in [1.165, 1.54) is 0 Å². The van der Waals surface area contributed by atoms with Crippen molar-refractivity contribution in [3.63, 3.8) is 0 Å². The lowest BCUT2D eigenvalue weighted by Gasteiger charge is -2.15. The molecule has 0 fully saturated rings. The third-order valence-corrected chi connectivity index (χ3v) is 5.58. The smallest absolute Gasteiger partial charge is 0.241 e. The van der Waals surface area contributed by atoms with E-state index in [1.807, 2.05) is 26.8 Å². The standard InChI is InChI=1S/C17H23N3O3S/c1-12-5-7-16(8-6-12)24(22,23)11-14(3)18-17(21)10-20-15(4)9-13(2)19-20/h5-9,14H,10-11H2,1-4H3,(H,18,21). The third-order valence-electron chi connectivity index (χ3n) is 3.65. The average molecular weight is 349 g/mol. The van der Waals surface area contributed by atoms with Gasteiger partial charge in [-0.25, -0.2) is 8.42 Å². The summed E-state index contributed by atoms with van der Waals surface area (Å²) in [5.41, 5.74) is 2.73. The van der Waals surface area contributed by atoms with Crippen LogP contribution in [0.25, 0.3) is 0 Å². The Kier molecular flexibility index (Phi) is 5.43. The van der Waals surface area contributed by atoms with Gasteiger partial charge in [0.25, 0.3) is 0 Å². The van der Waals surface area contributed by atoms with Gasteiger partial charge in [-0.2, -0.15) is 5.10 Å². The minimum absolute atomic E-state index is 0.0780. The SMILES string of the molecule is Cc1ccc(S(=O)(=O)CC(C)NC(=O)Cn2nc(C)cc2C)cc1. The molecule has 7 heteroatoms. The summed E-state index contributed by atoms with van der Waals surface area (Å²) in [5.74, 6) is -0.397. The highest BCUT2D eigenvalue weighted by atomic mass is 32.2. The lowest BCUT2D eigenvalue weighted by molar-refractivity contribution is -0.122. The van der Waals surface area contributed by atoms with Crippen LogP contribution in [0.4, 0.5) is 0 Å². The van der Waals surface area contributed by atoms with Gasteiger partial charge in [0.05, 0.1) is 16.3 Å². The van der Waals surface area contributed by atoms with Gasteiger partial charge in [0.1, 0.15) is 6.54 Å². The lowest BCUT2D eigenvalue weighted by Crippen LogP contribution is -2.39. The van der Waals surface area contributed by atoms with Crippen molar-refractivity contribution in [1.82, 2.24) is 15.1 Å². The van der Waals surface area contributed by atoms with E-state index in [2.05, 4.69) is 10.4 Å². The first-order valence-corrected chi connectivity index (χ1v) is 9.42. The molecule has 1 N–H and O–H groups in total. The van der Waals surface area contributed by atoms with Crippen molar-refractivity contribution in [2.24, 2.45) is 0 Å². The van der Waals surface area contributed by atoms with E-state index in [4.69, 9.17) is 0 Å². The van der Waals surface area contributed by atoms with Gasteiger partial charge in [-0.15, -0.1) is 0 Å². The fraction of sp³-hybridized carbons (Fsp3) is 0.412. The van der Waals surface area contributed by atoms with Crippen molar-refractivity contribution in [1.29, 1.82) is 0 Å². The maximum Gasteiger partial charge on any atom is 0.241 e. The number of aromatic nitrogens is 2. The molecule has 0 aliphatic rings. The molecule has 1 amide bonds. The summed E-state index contributed by atoms with van der Waals surface area (Å²) in [5, 5.41) is 6.95. The molecule has 1 aromatic carbocycles. The van der Waals surface area contributed by atoms with Crippen LogP contribution < -0.4 is 5.32 Å². The van der Waals surface area contributed by atoms with Gasteiger partial charge >= 0.3 is 0 Å². The molecule has 130 valence electrons. The Labute approximate surface area is 142 Å². The fourth-order valence-corrected chi connectivity index (χ4v) is 3.99. The number of hydrogen-bond acceptors (Lipinski definition) is 4. The van der Waals surface area contributed by atoms with Crippen LogP contribution >= 0.6 is 0 Å². The quantitative estimate of drug-likeness (QED) is 0.862. The molecule has 0 aliphatic heterocycles. The zero-order chi connectivity index (χ0) is 17.9. The Morgan fingerprint density at radius 2 is 1.83 bits per heavy atom. The molecule has 0 saturated carbocycles. The normalized spacial score (nSPS) is 12.8. The summed E-state index contributed by atoms with van der Waals surface area (Å²) in [7, 11) is -3.44. The number of amides is 1. The molecule has 2 rings (SSSR count). The molecule has 1 atom stereocenters. The predicted molar refractivity (Wildman–Crippen MR) is 92.5 cm³/mol. The number of aryl methyl sites for hydroxylation is 3. The third kappa shape index (κ3) is 4.67. The van der Waals surface area contributed by atoms with Crippen molar-refractivity contribution in [3.8, 4) is 0 Å². The van der Waals surface area contributed by atoms with Crippen molar-refractivity contribution in [2.45, 2.75) is 45.2 Å². The van der Waals surface area contributed by atoms with E-state index in [0.29, 0.717) is 0 Å². The first-order chi connectivity index (χ1) is 11.2. The number of hydrogen-bond donors (Lipinski definition) is 1. The molecule has 0 bridgehead atoms. The first kappa shape index (κ1) is 18.2. The van der Waals surface area contributed by atoms with Gasteiger partial charge in [-0.3, -0.25) is 9.48 Å². The molecule has 24 heavy (non-hydrogen) atoms. The Balaban J connectivity index is 1.96. The predicted octanol–water partition coefficient (Wildman–Crippen LogP) is 1.79. The summed E-state index contributed by atoms with van der Waals surface area (Å²) in [6.45, 7) is 7.40. The number of sulfone groups is 1. The molecule has 1 unspecified atom stereocenters. The van der Waals surface area contributed by atoms with Gasteiger partial charge < -0.3 is 5.32 Å². The van der Waals surface area contributed by atoms with Crippen molar-refractivity contribution in [2.75, 3.05) is 5.75 Å². The molecule has 0 spiro atoms. The summed E-state index contributed by atoms with van der Waals surface area (Å²) in [6, 6.07) is 8.11. The van der Waals surface area contributed by atoms with Crippen LogP contribution in [0.5, 0.6) is 0 Å². The van der Waals surface area contributed by atoms with Crippen molar-refractivity contribution >= 4 is 15.7 Å². The van der Waals surface area contributed by atoms with Crippen LogP contribution in [0.1, 0.15) is 23.9 Å². The van der Waals surface area contributed by atoms with Gasteiger partial charge in [0.15, 0.2) is 9.84 Å². The zero-order valence-electron chi connectivity index (χ0n) is 14.4. The minimum Gasteiger partial charge on any atom is -0.351 e. The molecular weight excluding hydrogens is 326 g/mol. The van der Waals surface area contributed by atoms with Crippen LogP contribution in [-0.2, 0) is 21.2 Å². The van der Waals surface area contributed by atoms with Gasteiger partial charge in [-0.05, 0) is 45.9 Å². The van der Waals surface area contributed by atoms with Crippen molar-refractivity contribution in [3.05, 3.63) is 47.3 Å². The van der Waals surface area contributed by atoms with Gasteiger partial charge in [-0.1, -0.05) is 17.7 Å². The van der Waals surface area contributed by atoms with Crippen LogP contribution in [0.3, 0.4) is 0 Å². The van der Waals surface area contributed by atoms with E-state index in [0.717, 1.165) is 17.0 Å². The summed E-state index contributed by atoms with van der Waals surface area (Å²) >= 11 is 0. The average Bonchev–Trinajstić information content (AvgIpc) is 2.76.